The van der Waals surface area contributed by atoms with Gasteiger partial charge in [-0.3, -0.25) is 0 Å². The Morgan fingerprint density at radius 2 is 1.91 bits per heavy atom. The zero-order valence-electron chi connectivity index (χ0n) is 13.1. The van der Waals surface area contributed by atoms with Crippen molar-refractivity contribution in [3.05, 3.63) is 23.8 Å². The van der Waals surface area contributed by atoms with Crippen LogP contribution in [0.15, 0.2) is 18.2 Å². The summed E-state index contributed by atoms with van der Waals surface area (Å²) < 4.78 is 59.9. The molecule has 1 aromatic rings. The molecule has 0 spiro atoms. The summed E-state index contributed by atoms with van der Waals surface area (Å²) in [4.78, 5) is 0. The van der Waals surface area contributed by atoms with E-state index in [1.165, 1.54) is 7.11 Å². The maximum absolute atomic E-state index is 12.1. The first-order chi connectivity index (χ1) is 10.8. The first-order valence-electron chi connectivity index (χ1n) is 7.17. The fourth-order valence-corrected chi connectivity index (χ4v) is 6.58. The molecule has 0 saturated carbocycles. The largest absolute Gasteiger partial charge is 0.493 e. The highest BCUT2D eigenvalue weighted by Gasteiger charge is 2.36. The van der Waals surface area contributed by atoms with Crippen LogP contribution in [0.1, 0.15) is 12.0 Å². The zero-order valence-corrected chi connectivity index (χ0v) is 14.7. The van der Waals surface area contributed by atoms with E-state index in [0.717, 1.165) is 5.56 Å². The lowest BCUT2D eigenvalue weighted by Gasteiger charge is -2.12. The van der Waals surface area contributed by atoms with Gasteiger partial charge in [0.15, 0.2) is 21.3 Å². The lowest BCUT2D eigenvalue weighted by Crippen LogP contribution is -2.36. The van der Waals surface area contributed by atoms with Gasteiger partial charge in [0.05, 0.1) is 31.0 Å². The lowest BCUT2D eigenvalue weighted by molar-refractivity contribution is 0.354. The van der Waals surface area contributed by atoms with E-state index in [0.29, 0.717) is 17.9 Å². The third-order valence-corrected chi connectivity index (χ3v) is 7.66. The number of sulfone groups is 1. The van der Waals surface area contributed by atoms with Gasteiger partial charge in [-0.05, 0) is 30.5 Å². The molecule has 7 nitrogen and oxygen atoms in total. The average Bonchev–Trinajstić information content (AvgIpc) is 2.88. The second-order valence-corrected chi connectivity index (χ2v) is 9.68. The second kappa shape index (κ2) is 7.06. The van der Waals surface area contributed by atoms with Crippen LogP contribution in [0, 0.1) is 0 Å². The summed E-state index contributed by atoms with van der Waals surface area (Å²) in [6.45, 7) is 0.203. The molecule has 0 bridgehead atoms. The van der Waals surface area contributed by atoms with Gasteiger partial charge in [0, 0.05) is 6.54 Å². The van der Waals surface area contributed by atoms with Gasteiger partial charge in [0.25, 0.3) is 0 Å². The Kier molecular flexibility index (Phi) is 5.53. The Morgan fingerprint density at radius 1 is 1.22 bits per heavy atom. The fourth-order valence-electron chi connectivity index (χ4n) is 2.50. The number of rotatable bonds is 7. The first-order valence-corrected chi connectivity index (χ1v) is 10.5. The molecule has 1 aromatic carbocycles. The molecule has 130 valence electrons. The van der Waals surface area contributed by atoms with Crippen LogP contribution in [-0.4, -0.2) is 54.4 Å². The summed E-state index contributed by atoms with van der Waals surface area (Å²) in [5.74, 6) is 0.829. The molecule has 1 aliphatic rings. The average molecular weight is 363 g/mol. The molecule has 9 heteroatoms. The predicted molar refractivity (Wildman–Crippen MR) is 87.2 cm³/mol. The Morgan fingerprint density at radius 3 is 2.48 bits per heavy atom. The summed E-state index contributed by atoms with van der Waals surface area (Å²) in [7, 11) is -3.76. The Bertz CT molecular complexity index is 757. The van der Waals surface area contributed by atoms with Gasteiger partial charge in [-0.25, -0.2) is 21.6 Å². The van der Waals surface area contributed by atoms with E-state index in [4.69, 9.17) is 9.47 Å². The van der Waals surface area contributed by atoms with Crippen LogP contribution in [0.5, 0.6) is 11.5 Å². The molecule has 1 fully saturated rings. The number of methoxy groups -OCH3 is 2. The summed E-state index contributed by atoms with van der Waals surface area (Å²) in [5.41, 5.74) is 0.893. The van der Waals surface area contributed by atoms with Gasteiger partial charge in [-0.1, -0.05) is 6.07 Å². The summed E-state index contributed by atoms with van der Waals surface area (Å²) in [6.07, 6.45) is 0.632. The van der Waals surface area contributed by atoms with E-state index < -0.39 is 25.1 Å². The minimum absolute atomic E-state index is 0.0613. The topological polar surface area (TPSA) is 98.8 Å². The SMILES string of the molecule is COc1ccc(CCNS(=O)(=O)[C@H]2CCS(=O)(=O)C2)cc1OC. The maximum atomic E-state index is 12.1. The molecule has 1 heterocycles. The molecule has 23 heavy (non-hydrogen) atoms. The number of benzene rings is 1. The highest BCUT2D eigenvalue weighted by molar-refractivity contribution is 7.95. The van der Waals surface area contributed by atoms with Crippen LogP contribution in [0.25, 0.3) is 0 Å². The van der Waals surface area contributed by atoms with E-state index in [-0.39, 0.29) is 24.5 Å². The molecule has 1 atom stereocenters. The molecular formula is C14H21NO6S2. The van der Waals surface area contributed by atoms with Gasteiger partial charge in [0.1, 0.15) is 0 Å². The number of hydrogen-bond acceptors (Lipinski definition) is 6. The third-order valence-electron chi connectivity index (χ3n) is 3.79. The Balaban J connectivity index is 1.94. The molecule has 1 aliphatic heterocycles. The van der Waals surface area contributed by atoms with E-state index in [1.54, 1.807) is 19.2 Å². The van der Waals surface area contributed by atoms with Crippen molar-refractivity contribution < 1.29 is 26.3 Å². The van der Waals surface area contributed by atoms with Crippen molar-refractivity contribution in [1.29, 1.82) is 0 Å². The van der Waals surface area contributed by atoms with Crippen LogP contribution in [-0.2, 0) is 26.3 Å². The number of hydrogen-bond donors (Lipinski definition) is 1. The number of sulfonamides is 1. The van der Waals surface area contributed by atoms with Crippen LogP contribution in [0.4, 0.5) is 0 Å². The molecule has 0 unspecified atom stereocenters. The minimum atomic E-state index is -3.61. The molecule has 0 aromatic heterocycles. The minimum Gasteiger partial charge on any atom is -0.493 e. The van der Waals surface area contributed by atoms with Crippen molar-refractivity contribution in [2.45, 2.75) is 18.1 Å². The Hall–Kier alpha value is -1.32. The van der Waals surface area contributed by atoms with Crippen molar-refractivity contribution in [3.8, 4) is 11.5 Å². The monoisotopic (exact) mass is 363 g/mol. The molecular weight excluding hydrogens is 342 g/mol. The molecule has 1 saturated heterocycles. The predicted octanol–water partition coefficient (Wildman–Crippen LogP) is 0.353. The van der Waals surface area contributed by atoms with Crippen molar-refractivity contribution in [1.82, 2.24) is 4.72 Å². The molecule has 0 aliphatic carbocycles. The fraction of sp³-hybridized carbons (Fsp3) is 0.571. The van der Waals surface area contributed by atoms with E-state index in [2.05, 4.69) is 4.72 Å². The first kappa shape index (κ1) is 18.0. The maximum Gasteiger partial charge on any atom is 0.215 e. The van der Waals surface area contributed by atoms with Gasteiger partial charge in [0.2, 0.25) is 10.0 Å². The Labute approximate surface area is 137 Å². The number of nitrogens with one attached hydrogen (secondary N) is 1. The molecule has 0 amide bonds. The van der Waals surface area contributed by atoms with Crippen LogP contribution in [0.2, 0.25) is 0 Å². The summed E-state index contributed by atoms with van der Waals surface area (Å²) >= 11 is 0. The highest BCUT2D eigenvalue weighted by atomic mass is 32.2. The quantitative estimate of drug-likeness (QED) is 0.751. The number of ether oxygens (including phenoxy) is 2. The standard InChI is InChI=1S/C14H21NO6S2/c1-20-13-4-3-11(9-14(13)21-2)5-7-15-23(18,19)12-6-8-22(16,17)10-12/h3-4,9,12,15H,5-8,10H2,1-2H3/t12-/m0/s1. The van der Waals surface area contributed by atoms with E-state index >= 15 is 0 Å². The van der Waals surface area contributed by atoms with Crippen molar-refractivity contribution in [2.75, 3.05) is 32.3 Å². The van der Waals surface area contributed by atoms with Crippen LogP contribution >= 0.6 is 0 Å². The smallest absolute Gasteiger partial charge is 0.215 e. The lowest BCUT2D eigenvalue weighted by atomic mass is 10.1. The van der Waals surface area contributed by atoms with Gasteiger partial charge < -0.3 is 9.47 Å². The molecule has 0 radical (unpaired) electrons. The van der Waals surface area contributed by atoms with Crippen molar-refractivity contribution in [2.24, 2.45) is 0 Å². The van der Waals surface area contributed by atoms with E-state index in [1.807, 2.05) is 6.07 Å². The third kappa shape index (κ3) is 4.58. The highest BCUT2D eigenvalue weighted by Crippen LogP contribution is 2.27. The van der Waals surface area contributed by atoms with Crippen molar-refractivity contribution in [3.63, 3.8) is 0 Å². The normalized spacial score (nSPS) is 20.3. The van der Waals surface area contributed by atoms with Crippen molar-refractivity contribution >= 4 is 19.9 Å². The molecule has 2 rings (SSSR count). The second-order valence-electron chi connectivity index (χ2n) is 5.40. The van der Waals surface area contributed by atoms with Gasteiger partial charge in [-0.15, -0.1) is 0 Å². The zero-order chi connectivity index (χ0) is 17.1. The summed E-state index contributed by atoms with van der Waals surface area (Å²) in [5, 5.41) is -0.849. The van der Waals surface area contributed by atoms with E-state index in [9.17, 15) is 16.8 Å². The van der Waals surface area contributed by atoms with Crippen LogP contribution in [0.3, 0.4) is 0 Å². The van der Waals surface area contributed by atoms with Gasteiger partial charge in [-0.2, -0.15) is 0 Å². The summed E-state index contributed by atoms with van der Waals surface area (Å²) in [6, 6.07) is 5.37. The van der Waals surface area contributed by atoms with Gasteiger partial charge >= 0.3 is 0 Å². The molecule has 1 N–H and O–H groups in total. The van der Waals surface area contributed by atoms with Crippen LogP contribution < -0.4 is 14.2 Å².